The van der Waals surface area contributed by atoms with Crippen molar-refractivity contribution in [1.29, 1.82) is 5.26 Å². The highest BCUT2D eigenvalue weighted by Crippen LogP contribution is 2.22. The number of nitrogens with one attached hydrogen (secondary N) is 1. The van der Waals surface area contributed by atoms with Crippen LogP contribution in [0.3, 0.4) is 0 Å². The molecule has 0 aliphatic heterocycles. The van der Waals surface area contributed by atoms with Crippen LogP contribution in [0.4, 0.5) is 5.82 Å². The standard InChI is InChI=1S/C15H11ClN6O/c1-9(20-13-8-18-12(6-17)7-19-13)14-21-15(23-22-14)10-2-4-11(16)5-3-10/h2-5,7-9H,1H3,(H,19,20). The number of nitrogens with zero attached hydrogens (tertiary/aromatic N) is 5. The lowest BCUT2D eigenvalue weighted by Gasteiger charge is -2.09. The molecule has 8 heteroatoms. The van der Waals surface area contributed by atoms with E-state index < -0.39 is 0 Å². The number of nitriles is 1. The molecule has 3 rings (SSSR count). The fourth-order valence-corrected chi connectivity index (χ4v) is 1.99. The van der Waals surface area contributed by atoms with Gasteiger partial charge in [-0.3, -0.25) is 0 Å². The van der Waals surface area contributed by atoms with E-state index in [2.05, 4.69) is 25.4 Å². The zero-order valence-corrected chi connectivity index (χ0v) is 12.8. The Morgan fingerprint density at radius 1 is 1.22 bits per heavy atom. The Hall–Kier alpha value is -2.98. The Morgan fingerprint density at radius 3 is 2.65 bits per heavy atom. The van der Waals surface area contributed by atoms with Crippen LogP contribution in [0.25, 0.3) is 11.5 Å². The van der Waals surface area contributed by atoms with Gasteiger partial charge in [-0.05, 0) is 31.2 Å². The number of aromatic nitrogens is 4. The molecule has 0 saturated carbocycles. The van der Waals surface area contributed by atoms with Crippen LogP contribution in [0.2, 0.25) is 5.02 Å². The highest BCUT2D eigenvalue weighted by Gasteiger charge is 2.15. The van der Waals surface area contributed by atoms with Crippen LogP contribution < -0.4 is 5.32 Å². The van der Waals surface area contributed by atoms with E-state index in [4.69, 9.17) is 21.4 Å². The van der Waals surface area contributed by atoms with Crippen LogP contribution in [-0.2, 0) is 0 Å². The fraction of sp³-hybridized carbons (Fsp3) is 0.133. The summed E-state index contributed by atoms with van der Waals surface area (Å²) >= 11 is 5.86. The molecule has 0 aliphatic carbocycles. The molecule has 1 aromatic carbocycles. The molecule has 1 unspecified atom stereocenters. The average Bonchev–Trinajstić information content (AvgIpc) is 3.06. The highest BCUT2D eigenvalue weighted by molar-refractivity contribution is 6.30. The van der Waals surface area contributed by atoms with Crippen LogP contribution in [0, 0.1) is 11.3 Å². The normalized spacial score (nSPS) is 11.7. The van der Waals surface area contributed by atoms with Crippen LogP contribution in [0.5, 0.6) is 0 Å². The Kier molecular flexibility index (Phi) is 4.17. The largest absolute Gasteiger partial charge is 0.359 e. The van der Waals surface area contributed by atoms with E-state index in [1.54, 1.807) is 12.1 Å². The molecule has 7 nitrogen and oxygen atoms in total. The van der Waals surface area contributed by atoms with E-state index in [1.165, 1.54) is 12.4 Å². The second-order valence-electron chi connectivity index (χ2n) is 4.73. The first-order valence-corrected chi connectivity index (χ1v) is 7.12. The Balaban J connectivity index is 1.74. The topological polar surface area (TPSA) is 101 Å². The lowest BCUT2D eigenvalue weighted by Crippen LogP contribution is -2.10. The van der Waals surface area contributed by atoms with Crippen LogP contribution in [-0.4, -0.2) is 20.1 Å². The number of hydrogen-bond acceptors (Lipinski definition) is 7. The monoisotopic (exact) mass is 326 g/mol. The fourth-order valence-electron chi connectivity index (χ4n) is 1.87. The molecule has 1 N–H and O–H groups in total. The van der Waals surface area contributed by atoms with Gasteiger partial charge < -0.3 is 9.84 Å². The lowest BCUT2D eigenvalue weighted by atomic mass is 10.2. The van der Waals surface area contributed by atoms with Gasteiger partial charge in [0, 0.05) is 10.6 Å². The summed E-state index contributed by atoms with van der Waals surface area (Å²) in [5.41, 5.74) is 1.05. The SMILES string of the molecule is CC(Nc1cnc(C#N)cn1)c1noc(-c2ccc(Cl)cc2)n1. The molecule has 3 aromatic rings. The highest BCUT2D eigenvalue weighted by atomic mass is 35.5. The number of hydrogen-bond donors (Lipinski definition) is 1. The summed E-state index contributed by atoms with van der Waals surface area (Å²) in [7, 11) is 0. The van der Waals surface area contributed by atoms with Crippen molar-refractivity contribution in [3.05, 3.63) is 53.2 Å². The summed E-state index contributed by atoms with van der Waals surface area (Å²) in [5, 5.41) is 16.4. The number of benzene rings is 1. The van der Waals surface area contributed by atoms with E-state index in [9.17, 15) is 0 Å². The minimum absolute atomic E-state index is 0.234. The van der Waals surface area contributed by atoms with Crippen molar-refractivity contribution < 1.29 is 4.52 Å². The summed E-state index contributed by atoms with van der Waals surface area (Å²) in [6.45, 7) is 1.87. The van der Waals surface area contributed by atoms with E-state index in [0.29, 0.717) is 22.6 Å². The molecule has 2 heterocycles. The van der Waals surface area contributed by atoms with Crippen molar-refractivity contribution in [3.63, 3.8) is 0 Å². The molecule has 0 radical (unpaired) electrons. The van der Waals surface area contributed by atoms with E-state index in [1.807, 2.05) is 25.1 Å². The van der Waals surface area contributed by atoms with Gasteiger partial charge in [0.05, 0.1) is 18.4 Å². The number of rotatable bonds is 4. The molecule has 0 amide bonds. The summed E-state index contributed by atoms with van der Waals surface area (Å²) in [6, 6.07) is 8.82. The van der Waals surface area contributed by atoms with Gasteiger partial charge in [-0.1, -0.05) is 16.8 Å². The molecule has 0 aliphatic rings. The third-order valence-corrected chi connectivity index (χ3v) is 3.30. The minimum atomic E-state index is -0.234. The second kappa shape index (κ2) is 6.42. The van der Waals surface area contributed by atoms with E-state index in [-0.39, 0.29) is 11.7 Å². The first-order valence-electron chi connectivity index (χ1n) is 6.74. The Morgan fingerprint density at radius 2 is 2.00 bits per heavy atom. The van der Waals surface area contributed by atoms with Crippen molar-refractivity contribution in [2.75, 3.05) is 5.32 Å². The third-order valence-electron chi connectivity index (χ3n) is 3.05. The van der Waals surface area contributed by atoms with Crippen molar-refractivity contribution in [2.24, 2.45) is 0 Å². The molecule has 0 spiro atoms. The minimum Gasteiger partial charge on any atom is -0.359 e. The molecule has 0 fully saturated rings. The second-order valence-corrected chi connectivity index (χ2v) is 5.17. The first-order chi connectivity index (χ1) is 11.2. The van der Waals surface area contributed by atoms with Gasteiger partial charge in [-0.15, -0.1) is 0 Å². The van der Waals surface area contributed by atoms with Crippen LogP contribution in [0.1, 0.15) is 24.5 Å². The predicted octanol–water partition coefficient (Wildman–Crippen LogP) is 3.22. The van der Waals surface area contributed by atoms with Gasteiger partial charge in [-0.25, -0.2) is 9.97 Å². The van der Waals surface area contributed by atoms with Gasteiger partial charge in [0.25, 0.3) is 5.89 Å². The zero-order chi connectivity index (χ0) is 16.2. The molecule has 0 bridgehead atoms. The molecular formula is C15H11ClN6O. The Labute approximate surface area is 137 Å². The Bertz CT molecular complexity index is 838. The molecule has 2 aromatic heterocycles. The van der Waals surface area contributed by atoms with Gasteiger partial charge in [-0.2, -0.15) is 10.2 Å². The average molecular weight is 327 g/mol. The first kappa shape index (κ1) is 14.9. The van der Waals surface area contributed by atoms with Gasteiger partial charge >= 0.3 is 0 Å². The molecular weight excluding hydrogens is 316 g/mol. The predicted molar refractivity (Wildman–Crippen MR) is 83.5 cm³/mol. The maximum atomic E-state index is 8.70. The maximum Gasteiger partial charge on any atom is 0.257 e. The van der Waals surface area contributed by atoms with Gasteiger partial charge in [0.1, 0.15) is 11.9 Å². The van der Waals surface area contributed by atoms with Gasteiger partial charge in [0.2, 0.25) is 0 Å². The third kappa shape index (κ3) is 3.44. The molecule has 1 atom stereocenters. The quantitative estimate of drug-likeness (QED) is 0.785. The van der Waals surface area contributed by atoms with Crippen molar-refractivity contribution in [1.82, 2.24) is 20.1 Å². The van der Waals surface area contributed by atoms with Crippen LogP contribution in [0.15, 0.2) is 41.2 Å². The van der Waals surface area contributed by atoms with Crippen molar-refractivity contribution in [3.8, 4) is 17.5 Å². The van der Waals surface area contributed by atoms with Crippen molar-refractivity contribution in [2.45, 2.75) is 13.0 Å². The summed E-state index contributed by atoms with van der Waals surface area (Å²) < 4.78 is 5.26. The molecule has 114 valence electrons. The van der Waals surface area contributed by atoms with E-state index in [0.717, 1.165) is 5.56 Å². The maximum absolute atomic E-state index is 8.70. The zero-order valence-electron chi connectivity index (χ0n) is 12.1. The summed E-state index contributed by atoms with van der Waals surface area (Å²) in [6.07, 6.45) is 2.87. The molecule has 0 saturated heterocycles. The molecule has 23 heavy (non-hydrogen) atoms. The van der Waals surface area contributed by atoms with Gasteiger partial charge in [0.15, 0.2) is 11.5 Å². The number of anilines is 1. The summed E-state index contributed by atoms with van der Waals surface area (Å²) in [5.74, 6) is 1.42. The summed E-state index contributed by atoms with van der Waals surface area (Å²) in [4.78, 5) is 12.4. The lowest BCUT2D eigenvalue weighted by molar-refractivity contribution is 0.419. The van der Waals surface area contributed by atoms with Crippen LogP contribution >= 0.6 is 11.6 Å². The van der Waals surface area contributed by atoms with Crippen molar-refractivity contribution >= 4 is 17.4 Å². The smallest absolute Gasteiger partial charge is 0.257 e. The number of halogens is 1. The van der Waals surface area contributed by atoms with E-state index >= 15 is 0 Å².